The maximum Gasteiger partial charge on any atom is 0.253 e. The van der Waals surface area contributed by atoms with Gasteiger partial charge in [-0.3, -0.25) is 14.5 Å². The highest BCUT2D eigenvalue weighted by Crippen LogP contribution is 2.41. The lowest BCUT2D eigenvalue weighted by atomic mass is 9.72. The van der Waals surface area contributed by atoms with Crippen molar-refractivity contribution in [2.24, 2.45) is 11.8 Å². The third-order valence-corrected chi connectivity index (χ3v) is 8.09. The zero-order chi connectivity index (χ0) is 21.5. The molecule has 30 heavy (non-hydrogen) atoms. The first-order chi connectivity index (χ1) is 14.2. The molecule has 3 aliphatic heterocycles. The number of carbonyl (C=O) groups excluding carboxylic acids is 2. The summed E-state index contributed by atoms with van der Waals surface area (Å²) in [5, 5.41) is 3.00. The Bertz CT molecular complexity index is 932. The highest BCUT2D eigenvalue weighted by Gasteiger charge is 2.47. The molecule has 0 saturated carbocycles. The quantitative estimate of drug-likeness (QED) is 0.778. The van der Waals surface area contributed by atoms with Gasteiger partial charge in [-0.25, -0.2) is 8.42 Å². The lowest BCUT2D eigenvalue weighted by Crippen LogP contribution is -2.66. The summed E-state index contributed by atoms with van der Waals surface area (Å²) >= 11 is 0. The first kappa shape index (κ1) is 21.3. The predicted octanol–water partition coefficient (Wildman–Crippen LogP) is 1.54. The van der Waals surface area contributed by atoms with Crippen LogP contribution in [0.2, 0.25) is 0 Å². The van der Waals surface area contributed by atoms with Crippen molar-refractivity contribution in [2.45, 2.75) is 49.6 Å². The van der Waals surface area contributed by atoms with Gasteiger partial charge in [-0.05, 0) is 55.8 Å². The molecule has 2 amide bonds. The summed E-state index contributed by atoms with van der Waals surface area (Å²) in [5.74, 6) is 0.622. The minimum atomic E-state index is -3.36. The predicted molar refractivity (Wildman–Crippen MR) is 114 cm³/mol. The molecule has 8 heteroatoms. The van der Waals surface area contributed by atoms with E-state index in [1.165, 1.54) is 25.0 Å². The van der Waals surface area contributed by atoms with Crippen LogP contribution in [0.3, 0.4) is 0 Å². The van der Waals surface area contributed by atoms with Gasteiger partial charge in [-0.1, -0.05) is 12.5 Å². The molecule has 3 aliphatic rings. The molecule has 0 radical (unpaired) electrons. The van der Waals surface area contributed by atoms with E-state index in [9.17, 15) is 18.0 Å². The van der Waals surface area contributed by atoms with E-state index >= 15 is 0 Å². The molecule has 4 atom stereocenters. The molecule has 3 fully saturated rings. The van der Waals surface area contributed by atoms with Crippen LogP contribution < -0.4 is 5.32 Å². The average molecular weight is 434 g/mol. The van der Waals surface area contributed by atoms with Crippen molar-refractivity contribution in [3.8, 4) is 0 Å². The number of amides is 2. The Morgan fingerprint density at radius 3 is 2.67 bits per heavy atom. The van der Waals surface area contributed by atoms with Crippen LogP contribution in [0.25, 0.3) is 0 Å². The molecule has 1 aromatic carbocycles. The number of benzene rings is 1. The zero-order valence-electron chi connectivity index (χ0n) is 17.7. The van der Waals surface area contributed by atoms with E-state index < -0.39 is 9.84 Å². The third-order valence-electron chi connectivity index (χ3n) is 6.98. The second-order valence-corrected chi connectivity index (χ2v) is 11.1. The fraction of sp³-hybridized carbons (Fsp3) is 0.636. The summed E-state index contributed by atoms with van der Waals surface area (Å²) in [6.07, 6.45) is 5.78. The Hall–Kier alpha value is -1.93. The number of hydrogen-bond acceptors (Lipinski definition) is 5. The maximum absolute atomic E-state index is 13.3. The number of rotatable bonds is 4. The number of nitrogens with zero attached hydrogens (tertiary/aromatic N) is 2. The van der Waals surface area contributed by atoms with Crippen LogP contribution in [-0.4, -0.2) is 74.6 Å². The van der Waals surface area contributed by atoms with Gasteiger partial charge >= 0.3 is 0 Å². The molecule has 1 aromatic rings. The fourth-order valence-electron chi connectivity index (χ4n) is 5.65. The molecule has 0 aromatic heterocycles. The van der Waals surface area contributed by atoms with Crippen molar-refractivity contribution in [1.82, 2.24) is 15.1 Å². The second kappa shape index (κ2) is 8.30. The minimum Gasteiger partial charge on any atom is -0.355 e. The molecule has 164 valence electrons. The van der Waals surface area contributed by atoms with Gasteiger partial charge < -0.3 is 10.2 Å². The largest absolute Gasteiger partial charge is 0.355 e. The fourth-order valence-corrected chi connectivity index (χ4v) is 6.31. The van der Waals surface area contributed by atoms with Crippen molar-refractivity contribution in [3.63, 3.8) is 0 Å². The number of likely N-dealkylation sites (tertiary alicyclic amines) is 1. The van der Waals surface area contributed by atoms with Crippen LogP contribution in [0.1, 0.15) is 43.0 Å². The number of nitrogens with one attached hydrogen (secondary N) is 1. The van der Waals surface area contributed by atoms with E-state index in [2.05, 4.69) is 10.2 Å². The summed E-state index contributed by atoms with van der Waals surface area (Å²) < 4.78 is 23.8. The molecule has 3 heterocycles. The monoisotopic (exact) mass is 433 g/mol. The van der Waals surface area contributed by atoms with Crippen molar-refractivity contribution in [1.29, 1.82) is 0 Å². The Labute approximate surface area is 178 Å². The number of sulfone groups is 1. The van der Waals surface area contributed by atoms with Gasteiger partial charge in [0.15, 0.2) is 9.84 Å². The molecule has 0 aliphatic carbocycles. The van der Waals surface area contributed by atoms with Gasteiger partial charge in [0.25, 0.3) is 5.91 Å². The van der Waals surface area contributed by atoms with Crippen molar-refractivity contribution >= 4 is 21.7 Å². The molecule has 2 bridgehead atoms. The van der Waals surface area contributed by atoms with Crippen molar-refractivity contribution in [2.75, 3.05) is 32.4 Å². The van der Waals surface area contributed by atoms with Gasteiger partial charge in [0.2, 0.25) is 5.91 Å². The molecular formula is C22H31N3O4S. The molecule has 7 nitrogen and oxygen atoms in total. The van der Waals surface area contributed by atoms with E-state index in [4.69, 9.17) is 0 Å². The molecule has 4 rings (SSSR count). The Morgan fingerprint density at radius 1 is 1.17 bits per heavy atom. The number of hydrogen-bond donors (Lipinski definition) is 1. The topological polar surface area (TPSA) is 86.8 Å². The van der Waals surface area contributed by atoms with Crippen LogP contribution in [0.5, 0.6) is 0 Å². The average Bonchev–Trinajstić information content (AvgIpc) is 2.72. The first-order valence-corrected chi connectivity index (χ1v) is 12.7. The normalized spacial score (nSPS) is 29.2. The minimum absolute atomic E-state index is 0.0213. The summed E-state index contributed by atoms with van der Waals surface area (Å²) in [6.45, 7) is 4.59. The van der Waals surface area contributed by atoms with E-state index in [0.717, 1.165) is 25.6 Å². The van der Waals surface area contributed by atoms with Gasteiger partial charge in [0, 0.05) is 50.5 Å². The lowest BCUT2D eigenvalue weighted by molar-refractivity contribution is -0.120. The van der Waals surface area contributed by atoms with Gasteiger partial charge in [-0.2, -0.15) is 0 Å². The first-order valence-electron chi connectivity index (χ1n) is 10.8. The van der Waals surface area contributed by atoms with E-state index in [-0.39, 0.29) is 22.8 Å². The zero-order valence-corrected chi connectivity index (χ0v) is 18.5. The lowest BCUT2D eigenvalue weighted by Gasteiger charge is -2.56. The van der Waals surface area contributed by atoms with E-state index in [1.54, 1.807) is 19.1 Å². The molecular weight excluding hydrogens is 402 g/mol. The Morgan fingerprint density at radius 2 is 1.93 bits per heavy atom. The maximum atomic E-state index is 13.3. The number of fused-ring (bicyclic) bond motifs is 4. The number of carbonyl (C=O) groups is 2. The van der Waals surface area contributed by atoms with Crippen LogP contribution in [0, 0.1) is 11.8 Å². The van der Waals surface area contributed by atoms with Gasteiger partial charge in [0.1, 0.15) is 0 Å². The van der Waals surface area contributed by atoms with Gasteiger partial charge in [0.05, 0.1) is 4.90 Å². The van der Waals surface area contributed by atoms with Crippen LogP contribution in [-0.2, 0) is 14.6 Å². The molecule has 0 spiro atoms. The van der Waals surface area contributed by atoms with Crippen LogP contribution in [0.4, 0.5) is 0 Å². The highest BCUT2D eigenvalue weighted by molar-refractivity contribution is 7.90. The SMILES string of the molecule is CC(=O)NC[C@H]1[C@H]2C[C@H](CN(C(=O)c3cccc(S(C)(=O)=O)c3)C2)[C@@H]2CCCCN21. The molecule has 0 unspecified atom stereocenters. The molecule has 3 saturated heterocycles. The Balaban J connectivity index is 1.57. The second-order valence-electron chi connectivity index (χ2n) is 9.07. The number of piperidine rings is 3. The van der Waals surface area contributed by atoms with Crippen LogP contribution in [0.15, 0.2) is 29.2 Å². The standard InChI is InChI=1S/C22H31N3O4S/c1-15(26)23-12-21-18-10-17(20-8-3-4-9-25(20)21)13-24(14-18)22(27)16-6-5-7-19(11-16)30(2,28)29/h5-7,11,17-18,20-21H,3-4,8-10,12-14H2,1-2H3,(H,23,26)/t17-,18+,20+,21+/m1/s1. The smallest absolute Gasteiger partial charge is 0.253 e. The molecule has 1 N–H and O–H groups in total. The summed E-state index contributed by atoms with van der Waals surface area (Å²) in [4.78, 5) is 29.5. The van der Waals surface area contributed by atoms with Crippen molar-refractivity contribution < 1.29 is 18.0 Å². The summed E-state index contributed by atoms with van der Waals surface area (Å²) in [6, 6.07) is 7.05. The highest BCUT2D eigenvalue weighted by atomic mass is 32.2. The van der Waals surface area contributed by atoms with Crippen molar-refractivity contribution in [3.05, 3.63) is 29.8 Å². The summed E-state index contributed by atoms with van der Waals surface area (Å²) in [5.41, 5.74) is 0.428. The van der Waals surface area contributed by atoms with E-state index in [0.29, 0.717) is 43.1 Å². The van der Waals surface area contributed by atoms with E-state index in [1.807, 2.05) is 4.90 Å². The third kappa shape index (κ3) is 4.25. The van der Waals surface area contributed by atoms with Gasteiger partial charge in [-0.15, -0.1) is 0 Å². The Kier molecular flexibility index (Phi) is 5.90. The summed E-state index contributed by atoms with van der Waals surface area (Å²) in [7, 11) is -3.36. The van der Waals surface area contributed by atoms with Crippen LogP contribution >= 0.6 is 0 Å².